The number of rotatable bonds is 2. The molecule has 1 heterocycles. The van der Waals surface area contributed by atoms with Crippen LogP contribution in [0.4, 0.5) is 8.78 Å². The summed E-state index contributed by atoms with van der Waals surface area (Å²) >= 11 is 5.76. The second kappa shape index (κ2) is 6.50. The van der Waals surface area contributed by atoms with Gasteiger partial charge in [-0.05, 0) is 12.1 Å². The largest absolute Gasteiger partial charge is 0.439 e. The molecule has 0 saturated heterocycles. The quantitative estimate of drug-likeness (QED) is 0.778. The minimum absolute atomic E-state index is 0.179. The van der Waals surface area contributed by atoms with Crippen molar-refractivity contribution in [2.75, 3.05) is 0 Å². The highest BCUT2D eigenvalue weighted by Gasteiger charge is 2.34. The molecule has 2 aromatic rings. The van der Waals surface area contributed by atoms with E-state index in [9.17, 15) is 17.2 Å². The lowest BCUT2D eigenvalue weighted by Crippen LogP contribution is -2.12. The zero-order valence-electron chi connectivity index (χ0n) is 12.9. The Kier molecular flexibility index (Phi) is 5.56. The van der Waals surface area contributed by atoms with Crippen LogP contribution in [0.1, 0.15) is 40.5 Å². The third-order valence-electron chi connectivity index (χ3n) is 2.62. The fourth-order valence-corrected chi connectivity index (χ4v) is 3.01. The first-order valence-electron chi connectivity index (χ1n) is 6.66. The predicted octanol–water partition coefficient (Wildman–Crippen LogP) is 4.80. The van der Waals surface area contributed by atoms with Crippen molar-refractivity contribution in [2.24, 2.45) is 0 Å². The Morgan fingerprint density at radius 3 is 2.23 bits per heavy atom. The van der Waals surface area contributed by atoms with Crippen molar-refractivity contribution in [1.29, 1.82) is 0 Å². The average Bonchev–Trinajstić information content (AvgIpc) is 2.84. The third kappa shape index (κ3) is 3.41. The van der Waals surface area contributed by atoms with Gasteiger partial charge in [-0.3, -0.25) is 0 Å². The van der Waals surface area contributed by atoms with Gasteiger partial charge in [0.1, 0.15) is 10.4 Å². The van der Waals surface area contributed by atoms with Crippen LogP contribution < -0.4 is 0 Å². The molecular weight excluding hydrogens is 336 g/mol. The number of hydrogen-bond acceptors (Lipinski definition) is 4. The molecule has 8 heteroatoms. The van der Waals surface area contributed by atoms with Gasteiger partial charge < -0.3 is 4.42 Å². The second-order valence-corrected chi connectivity index (χ2v) is 7.56. The molecule has 0 saturated carbocycles. The van der Waals surface area contributed by atoms with E-state index >= 15 is 0 Å². The van der Waals surface area contributed by atoms with Crippen molar-refractivity contribution in [2.45, 2.75) is 50.7 Å². The van der Waals surface area contributed by atoms with Crippen LogP contribution in [0.3, 0.4) is 0 Å². The molecule has 0 aliphatic carbocycles. The highest BCUT2D eigenvalue weighted by molar-refractivity contribution is 7.92. The smallest absolute Gasteiger partial charge is 0.341 e. The van der Waals surface area contributed by atoms with Crippen LogP contribution >= 0.6 is 11.6 Å². The first-order chi connectivity index (χ1) is 10.0. The summed E-state index contributed by atoms with van der Waals surface area (Å²) in [4.78, 5) is 3.41. The SMILES string of the molecule is CC.CC(C)(C)c1nc2ccc(Cl)c(S(=O)(=O)C(F)F)c2o1. The Balaban J connectivity index is 0.00000116. The average molecular weight is 354 g/mol. The van der Waals surface area contributed by atoms with Crippen LogP contribution in [0.15, 0.2) is 21.4 Å². The van der Waals surface area contributed by atoms with Crippen molar-refractivity contribution in [1.82, 2.24) is 4.98 Å². The number of halogens is 3. The van der Waals surface area contributed by atoms with Crippen LogP contribution in [0.25, 0.3) is 11.1 Å². The van der Waals surface area contributed by atoms with E-state index in [1.165, 1.54) is 12.1 Å². The van der Waals surface area contributed by atoms with E-state index in [4.69, 9.17) is 16.0 Å². The van der Waals surface area contributed by atoms with E-state index in [2.05, 4.69) is 4.98 Å². The maximum absolute atomic E-state index is 12.7. The molecule has 1 aromatic heterocycles. The molecule has 0 N–H and O–H groups in total. The van der Waals surface area contributed by atoms with Crippen LogP contribution in [0.2, 0.25) is 5.02 Å². The predicted molar refractivity (Wildman–Crippen MR) is 82.3 cm³/mol. The summed E-state index contributed by atoms with van der Waals surface area (Å²) in [5.74, 6) is -3.32. The molecule has 0 radical (unpaired) electrons. The summed E-state index contributed by atoms with van der Waals surface area (Å²) < 4.78 is 54.3. The van der Waals surface area contributed by atoms with E-state index in [1.54, 1.807) is 20.8 Å². The van der Waals surface area contributed by atoms with E-state index < -0.39 is 25.9 Å². The van der Waals surface area contributed by atoms with Gasteiger partial charge in [-0.25, -0.2) is 13.4 Å². The van der Waals surface area contributed by atoms with Crippen molar-refractivity contribution in [3.8, 4) is 0 Å². The molecule has 0 unspecified atom stereocenters. The minimum atomic E-state index is -4.87. The molecule has 0 amide bonds. The Morgan fingerprint density at radius 2 is 1.77 bits per heavy atom. The molecule has 1 aromatic carbocycles. The van der Waals surface area contributed by atoms with Crippen molar-refractivity contribution >= 4 is 32.5 Å². The number of benzene rings is 1. The maximum atomic E-state index is 12.7. The van der Waals surface area contributed by atoms with Gasteiger partial charge in [0.2, 0.25) is 15.7 Å². The van der Waals surface area contributed by atoms with E-state index in [0.29, 0.717) is 0 Å². The van der Waals surface area contributed by atoms with E-state index in [-0.39, 0.29) is 22.0 Å². The highest BCUT2D eigenvalue weighted by atomic mass is 35.5. The molecular formula is C14H18ClF2NO3S. The standard InChI is InChI=1S/C12H12ClF2NO3S.C2H6/c1-12(2,3)10-16-7-5-4-6(13)9(8(7)19-10)20(17,18)11(14)15;1-2/h4-5,11H,1-3H3;1-2H3. The van der Waals surface area contributed by atoms with Gasteiger partial charge in [0.15, 0.2) is 5.58 Å². The van der Waals surface area contributed by atoms with Gasteiger partial charge in [0, 0.05) is 5.41 Å². The summed E-state index contributed by atoms with van der Waals surface area (Å²) in [6.07, 6.45) is 0. The van der Waals surface area contributed by atoms with Crippen LogP contribution in [0, 0.1) is 0 Å². The lowest BCUT2D eigenvalue weighted by Gasteiger charge is -2.11. The first kappa shape index (κ1) is 18.8. The lowest BCUT2D eigenvalue weighted by atomic mass is 9.97. The molecule has 0 spiro atoms. The zero-order valence-corrected chi connectivity index (χ0v) is 14.5. The van der Waals surface area contributed by atoms with Crippen molar-refractivity contribution in [3.63, 3.8) is 0 Å². The molecule has 0 fully saturated rings. The van der Waals surface area contributed by atoms with Crippen LogP contribution in [0.5, 0.6) is 0 Å². The summed E-state index contributed by atoms with van der Waals surface area (Å²) in [7, 11) is -4.87. The summed E-state index contributed by atoms with van der Waals surface area (Å²) in [5, 5.41) is -0.311. The number of aromatic nitrogens is 1. The molecule has 2 rings (SSSR count). The van der Waals surface area contributed by atoms with E-state index in [0.717, 1.165) is 0 Å². The maximum Gasteiger partial charge on any atom is 0.341 e. The molecule has 0 aliphatic rings. The third-order valence-corrected chi connectivity index (χ3v) is 4.50. The minimum Gasteiger partial charge on any atom is -0.439 e. The van der Waals surface area contributed by atoms with Crippen LogP contribution in [-0.2, 0) is 15.3 Å². The second-order valence-electron chi connectivity index (χ2n) is 5.30. The van der Waals surface area contributed by atoms with E-state index in [1.807, 2.05) is 13.8 Å². The van der Waals surface area contributed by atoms with Crippen molar-refractivity contribution < 1.29 is 21.6 Å². The molecule has 22 heavy (non-hydrogen) atoms. The van der Waals surface area contributed by atoms with Gasteiger partial charge in [0.05, 0.1) is 5.02 Å². The molecule has 0 atom stereocenters. The van der Waals surface area contributed by atoms with Gasteiger partial charge in [-0.2, -0.15) is 8.78 Å². The topological polar surface area (TPSA) is 60.2 Å². The molecule has 124 valence electrons. The molecule has 4 nitrogen and oxygen atoms in total. The van der Waals surface area contributed by atoms with Gasteiger partial charge in [-0.15, -0.1) is 0 Å². The lowest BCUT2D eigenvalue weighted by molar-refractivity contribution is 0.234. The monoisotopic (exact) mass is 353 g/mol. The molecule has 0 bridgehead atoms. The fraction of sp³-hybridized carbons (Fsp3) is 0.500. The summed E-state index contributed by atoms with van der Waals surface area (Å²) in [6.45, 7) is 9.42. The first-order valence-corrected chi connectivity index (χ1v) is 8.59. The Morgan fingerprint density at radius 1 is 1.23 bits per heavy atom. The fourth-order valence-electron chi connectivity index (χ4n) is 1.62. The highest BCUT2D eigenvalue weighted by Crippen LogP contribution is 2.36. The zero-order chi connectivity index (χ0) is 17.3. The number of fused-ring (bicyclic) bond motifs is 1. The Hall–Kier alpha value is -1.21. The normalized spacial score (nSPS) is 12.4. The number of sulfone groups is 1. The van der Waals surface area contributed by atoms with Gasteiger partial charge in [-0.1, -0.05) is 46.2 Å². The van der Waals surface area contributed by atoms with Gasteiger partial charge >= 0.3 is 5.76 Å². The van der Waals surface area contributed by atoms with Crippen molar-refractivity contribution in [3.05, 3.63) is 23.0 Å². The number of nitrogens with zero attached hydrogens (tertiary/aromatic N) is 1. The summed E-state index contributed by atoms with van der Waals surface area (Å²) in [6, 6.07) is 2.65. The number of oxazole rings is 1. The molecule has 0 aliphatic heterocycles. The van der Waals surface area contributed by atoms with Crippen LogP contribution in [-0.4, -0.2) is 19.2 Å². The number of hydrogen-bond donors (Lipinski definition) is 0. The summed E-state index contributed by atoms with van der Waals surface area (Å²) in [5.41, 5.74) is -0.543. The Labute approximate surface area is 133 Å². The number of alkyl halides is 2. The Bertz CT molecular complexity index is 764. The van der Waals surface area contributed by atoms with Gasteiger partial charge in [0.25, 0.3) is 0 Å².